The number of ether oxygens (including phenoxy) is 1. The van der Waals surface area contributed by atoms with E-state index in [4.69, 9.17) is 16.3 Å². The van der Waals surface area contributed by atoms with Gasteiger partial charge in [0, 0.05) is 23.2 Å². The van der Waals surface area contributed by atoms with Crippen molar-refractivity contribution in [2.24, 2.45) is 0 Å². The van der Waals surface area contributed by atoms with E-state index in [1.807, 2.05) is 24.3 Å². The summed E-state index contributed by atoms with van der Waals surface area (Å²) in [6.07, 6.45) is 2.22. The lowest BCUT2D eigenvalue weighted by molar-refractivity contribution is 0.302. The molecular weight excluding hydrogens is 402 g/mol. The Morgan fingerprint density at radius 3 is 2.48 bits per heavy atom. The van der Waals surface area contributed by atoms with E-state index in [2.05, 4.69) is 79.0 Å². The zero-order valence-electron chi connectivity index (χ0n) is 17.9. The van der Waals surface area contributed by atoms with E-state index < -0.39 is 0 Å². The van der Waals surface area contributed by atoms with Gasteiger partial charge in [-0.25, -0.2) is 0 Å². The van der Waals surface area contributed by atoms with Crippen LogP contribution in [0.15, 0.2) is 91.0 Å². The Labute approximate surface area is 189 Å². The first-order valence-corrected chi connectivity index (χ1v) is 11.3. The third-order valence-electron chi connectivity index (χ3n) is 5.59. The monoisotopic (exact) mass is 429 g/mol. The van der Waals surface area contributed by atoms with Crippen molar-refractivity contribution in [3.63, 3.8) is 0 Å². The van der Waals surface area contributed by atoms with Gasteiger partial charge < -0.3 is 10.1 Å². The number of hydrogen-bond acceptors (Lipinski definition) is 2. The molecule has 0 fully saturated rings. The maximum atomic E-state index is 6.29. The van der Waals surface area contributed by atoms with Crippen molar-refractivity contribution in [2.45, 2.75) is 39.0 Å². The molecule has 0 amide bonds. The summed E-state index contributed by atoms with van der Waals surface area (Å²) in [5.74, 6) is 0.912. The fraction of sp³-hybridized carbons (Fsp3) is 0.214. The zero-order valence-corrected chi connectivity index (χ0v) is 18.6. The van der Waals surface area contributed by atoms with Gasteiger partial charge in [0.25, 0.3) is 0 Å². The Bertz CT molecular complexity index is 1130. The Kier molecular flexibility index (Phi) is 7.24. The summed E-state index contributed by atoms with van der Waals surface area (Å²) in [5.41, 5.74) is 3.58. The minimum Gasteiger partial charge on any atom is -0.489 e. The molecule has 0 aromatic heterocycles. The summed E-state index contributed by atoms with van der Waals surface area (Å²) in [4.78, 5) is 0. The minimum atomic E-state index is 0.311. The maximum Gasteiger partial charge on any atom is 0.124 e. The van der Waals surface area contributed by atoms with E-state index in [1.165, 1.54) is 21.9 Å². The summed E-state index contributed by atoms with van der Waals surface area (Å²) < 4.78 is 6.29. The van der Waals surface area contributed by atoms with Gasteiger partial charge >= 0.3 is 0 Å². The molecule has 3 heteroatoms. The van der Waals surface area contributed by atoms with Gasteiger partial charge in [-0.2, -0.15) is 0 Å². The molecule has 4 aromatic rings. The number of fused-ring (bicyclic) bond motifs is 1. The van der Waals surface area contributed by atoms with E-state index >= 15 is 0 Å². The zero-order chi connectivity index (χ0) is 21.5. The second-order valence-corrected chi connectivity index (χ2v) is 8.25. The van der Waals surface area contributed by atoms with Crippen LogP contribution in [-0.2, 0) is 13.2 Å². The Hall–Kier alpha value is -2.81. The van der Waals surface area contributed by atoms with Crippen LogP contribution in [0.4, 0.5) is 0 Å². The molecular formula is C28H28ClNO. The Morgan fingerprint density at radius 1 is 0.871 bits per heavy atom. The molecule has 4 rings (SSSR count). The fourth-order valence-corrected chi connectivity index (χ4v) is 4.22. The molecule has 0 aliphatic heterocycles. The largest absolute Gasteiger partial charge is 0.489 e. The van der Waals surface area contributed by atoms with Gasteiger partial charge in [-0.3, -0.25) is 0 Å². The van der Waals surface area contributed by atoms with Crippen molar-refractivity contribution in [3.05, 3.63) is 113 Å². The van der Waals surface area contributed by atoms with E-state index in [1.54, 1.807) is 0 Å². The molecule has 2 nitrogen and oxygen atoms in total. The molecule has 4 aromatic carbocycles. The first-order valence-electron chi connectivity index (χ1n) is 10.9. The quantitative estimate of drug-likeness (QED) is 0.294. The summed E-state index contributed by atoms with van der Waals surface area (Å²) in [6.45, 7) is 3.46. The molecule has 158 valence electrons. The number of benzene rings is 4. The molecule has 0 saturated heterocycles. The van der Waals surface area contributed by atoms with E-state index in [0.29, 0.717) is 12.6 Å². The van der Waals surface area contributed by atoms with Crippen molar-refractivity contribution in [1.82, 2.24) is 5.32 Å². The third-order valence-corrected chi connectivity index (χ3v) is 5.82. The topological polar surface area (TPSA) is 21.3 Å². The molecule has 1 unspecified atom stereocenters. The van der Waals surface area contributed by atoms with Crippen LogP contribution in [0.2, 0.25) is 5.02 Å². The Morgan fingerprint density at radius 2 is 1.68 bits per heavy atom. The summed E-state index contributed by atoms with van der Waals surface area (Å²) in [5, 5.41) is 6.97. The highest BCUT2D eigenvalue weighted by atomic mass is 35.5. The highest BCUT2D eigenvalue weighted by Gasteiger charge is 2.14. The molecule has 1 N–H and O–H groups in total. The summed E-state index contributed by atoms with van der Waals surface area (Å²) in [7, 11) is 0. The van der Waals surface area contributed by atoms with E-state index in [-0.39, 0.29) is 0 Å². The smallest absolute Gasteiger partial charge is 0.124 e. The van der Waals surface area contributed by atoms with Crippen molar-refractivity contribution < 1.29 is 4.74 Å². The molecule has 0 radical (unpaired) electrons. The summed E-state index contributed by atoms with van der Waals surface area (Å²) in [6, 6.07) is 31.5. The van der Waals surface area contributed by atoms with Gasteiger partial charge in [0.05, 0.1) is 0 Å². The fourth-order valence-electron chi connectivity index (χ4n) is 4.01. The van der Waals surface area contributed by atoms with Crippen LogP contribution in [0.3, 0.4) is 0 Å². The van der Waals surface area contributed by atoms with E-state index in [0.717, 1.165) is 35.7 Å². The van der Waals surface area contributed by atoms with E-state index in [9.17, 15) is 0 Å². The highest BCUT2D eigenvalue weighted by molar-refractivity contribution is 6.30. The van der Waals surface area contributed by atoms with Gasteiger partial charge in [-0.1, -0.05) is 97.7 Å². The number of hydrogen-bond donors (Lipinski definition) is 1. The van der Waals surface area contributed by atoms with Crippen LogP contribution < -0.4 is 10.1 Å². The molecule has 0 aliphatic rings. The van der Waals surface area contributed by atoms with Crippen LogP contribution in [-0.4, -0.2) is 0 Å². The molecule has 31 heavy (non-hydrogen) atoms. The third kappa shape index (κ3) is 5.46. The molecule has 0 saturated carbocycles. The Balaban J connectivity index is 1.60. The highest BCUT2D eigenvalue weighted by Crippen LogP contribution is 2.30. The van der Waals surface area contributed by atoms with Crippen LogP contribution in [0.25, 0.3) is 10.8 Å². The van der Waals surface area contributed by atoms with Crippen LogP contribution >= 0.6 is 11.6 Å². The van der Waals surface area contributed by atoms with Crippen molar-refractivity contribution in [2.75, 3.05) is 0 Å². The van der Waals surface area contributed by atoms with Crippen LogP contribution in [0.1, 0.15) is 42.5 Å². The first kappa shape index (κ1) is 21.4. The summed E-state index contributed by atoms with van der Waals surface area (Å²) >= 11 is 6.14. The average molecular weight is 430 g/mol. The average Bonchev–Trinajstić information content (AvgIpc) is 2.81. The number of nitrogens with one attached hydrogen (secondary N) is 1. The lowest BCUT2D eigenvalue weighted by atomic mass is 10.00. The standard InChI is InChI=1S/C28H28ClNO/c1-2-9-27(23-12-4-3-5-13-23)30-19-26-25-15-7-6-11-22(25)16-17-28(26)31-20-21-10-8-14-24(29)18-21/h3-8,10-18,27,30H,2,9,19-20H2,1H3. The molecule has 0 heterocycles. The number of rotatable bonds is 9. The van der Waals surface area contributed by atoms with Crippen LogP contribution in [0.5, 0.6) is 5.75 Å². The predicted molar refractivity (Wildman–Crippen MR) is 131 cm³/mol. The van der Waals surface area contributed by atoms with Crippen molar-refractivity contribution >= 4 is 22.4 Å². The van der Waals surface area contributed by atoms with Crippen molar-refractivity contribution in [3.8, 4) is 5.75 Å². The molecule has 0 spiro atoms. The molecule has 0 bridgehead atoms. The second kappa shape index (κ2) is 10.5. The predicted octanol–water partition coefficient (Wildman–Crippen LogP) is 7.70. The van der Waals surface area contributed by atoms with Gasteiger partial charge in [0.1, 0.15) is 12.4 Å². The second-order valence-electron chi connectivity index (χ2n) is 7.81. The van der Waals surface area contributed by atoms with Crippen molar-refractivity contribution in [1.29, 1.82) is 0 Å². The lowest BCUT2D eigenvalue weighted by Crippen LogP contribution is -2.21. The van der Waals surface area contributed by atoms with Gasteiger partial charge in [-0.05, 0) is 46.5 Å². The molecule has 1 atom stereocenters. The maximum absolute atomic E-state index is 6.29. The van der Waals surface area contributed by atoms with Gasteiger partial charge in [0.2, 0.25) is 0 Å². The molecule has 0 aliphatic carbocycles. The first-order chi connectivity index (χ1) is 15.2. The lowest BCUT2D eigenvalue weighted by Gasteiger charge is -2.21. The SMILES string of the molecule is CCCC(NCc1c(OCc2cccc(Cl)c2)ccc2ccccc12)c1ccccc1. The number of halogens is 1. The van der Waals surface area contributed by atoms with Crippen LogP contribution in [0, 0.1) is 0 Å². The van der Waals surface area contributed by atoms with Gasteiger partial charge in [-0.15, -0.1) is 0 Å². The minimum absolute atomic E-state index is 0.311. The normalized spacial score (nSPS) is 12.1. The van der Waals surface area contributed by atoms with Gasteiger partial charge in [0.15, 0.2) is 0 Å².